The minimum atomic E-state index is -4.61. The number of benzene rings is 1. The quantitative estimate of drug-likeness (QED) is 0.410. The summed E-state index contributed by atoms with van der Waals surface area (Å²) in [6, 6.07) is 5.63. The molecular weight excluding hydrogens is 449 g/mol. The number of carbonyl (C=O) groups is 3. The van der Waals surface area contributed by atoms with E-state index in [1.165, 1.54) is 36.5 Å². The molecular formula is C22H18F5N3O3. The second kappa shape index (κ2) is 7.89. The summed E-state index contributed by atoms with van der Waals surface area (Å²) in [5, 5.41) is 2.45. The van der Waals surface area contributed by atoms with Crippen LogP contribution in [0.3, 0.4) is 0 Å². The molecule has 2 heterocycles. The number of hydrogen-bond donors (Lipinski definition) is 1. The van der Waals surface area contributed by atoms with E-state index in [4.69, 9.17) is 0 Å². The number of rotatable bonds is 4. The van der Waals surface area contributed by atoms with Crippen LogP contribution in [-0.4, -0.2) is 45.6 Å². The lowest BCUT2D eigenvalue weighted by Gasteiger charge is -2.34. The Balaban J connectivity index is 1.49. The fourth-order valence-electron chi connectivity index (χ4n) is 4.14. The molecule has 2 aliphatic rings. The van der Waals surface area contributed by atoms with Crippen molar-refractivity contribution < 1.29 is 36.3 Å². The van der Waals surface area contributed by atoms with Crippen LogP contribution in [0.1, 0.15) is 41.6 Å². The van der Waals surface area contributed by atoms with Crippen LogP contribution in [0.15, 0.2) is 42.7 Å². The topological polar surface area (TPSA) is 79.4 Å². The van der Waals surface area contributed by atoms with Gasteiger partial charge in [-0.2, -0.15) is 13.2 Å². The molecule has 4 rings (SSSR count). The Morgan fingerprint density at radius 3 is 2.27 bits per heavy atom. The first-order chi connectivity index (χ1) is 15.4. The van der Waals surface area contributed by atoms with E-state index in [9.17, 15) is 36.3 Å². The van der Waals surface area contributed by atoms with E-state index in [1.807, 2.05) is 0 Å². The Morgan fingerprint density at radius 1 is 1.03 bits per heavy atom. The third-order valence-corrected chi connectivity index (χ3v) is 6.03. The van der Waals surface area contributed by atoms with Gasteiger partial charge in [0.25, 0.3) is 5.91 Å². The van der Waals surface area contributed by atoms with E-state index in [1.54, 1.807) is 0 Å². The molecule has 1 aliphatic heterocycles. The number of ketones is 1. The Bertz CT molecular complexity index is 1110. The lowest BCUT2D eigenvalue weighted by molar-refractivity contribution is -0.137. The van der Waals surface area contributed by atoms with E-state index >= 15 is 0 Å². The Hall–Kier alpha value is -3.37. The van der Waals surface area contributed by atoms with Crippen molar-refractivity contribution in [1.29, 1.82) is 0 Å². The first-order valence-corrected chi connectivity index (χ1v) is 10.1. The summed E-state index contributed by atoms with van der Waals surface area (Å²) < 4.78 is 66.6. The highest BCUT2D eigenvalue weighted by Crippen LogP contribution is 2.41. The fraction of sp³-hybridized carbons (Fsp3) is 0.364. The van der Waals surface area contributed by atoms with Crippen LogP contribution in [0.5, 0.6) is 0 Å². The summed E-state index contributed by atoms with van der Waals surface area (Å²) in [7, 11) is 0. The predicted molar refractivity (Wildman–Crippen MR) is 105 cm³/mol. The van der Waals surface area contributed by atoms with Gasteiger partial charge in [-0.1, -0.05) is 24.3 Å². The Morgan fingerprint density at radius 2 is 1.67 bits per heavy atom. The number of urea groups is 1. The van der Waals surface area contributed by atoms with Gasteiger partial charge in [-0.3, -0.25) is 19.5 Å². The normalized spacial score (nSPS) is 19.6. The highest BCUT2D eigenvalue weighted by atomic mass is 19.4. The minimum Gasteiger partial charge on any atom is -0.323 e. The highest BCUT2D eigenvalue weighted by Gasteiger charge is 2.55. The first-order valence-electron chi connectivity index (χ1n) is 10.1. The van der Waals surface area contributed by atoms with E-state index in [-0.39, 0.29) is 29.5 Å². The summed E-state index contributed by atoms with van der Waals surface area (Å²) in [5.41, 5.74) is -2.18. The molecule has 11 heteroatoms. The highest BCUT2D eigenvalue weighted by molar-refractivity contribution is 6.11. The summed E-state index contributed by atoms with van der Waals surface area (Å²) in [5.74, 6) is -4.24. The maximum Gasteiger partial charge on any atom is 0.418 e. The lowest BCUT2D eigenvalue weighted by atomic mass is 9.80. The van der Waals surface area contributed by atoms with Crippen LogP contribution in [0, 0.1) is 0 Å². The SMILES string of the molecule is O=C(CN1C(=O)NC2(CCC(F)(F)CC2)C1=O)c1ccc(-c2ccncc2C(F)(F)F)cc1. The molecule has 1 saturated carbocycles. The van der Waals surface area contributed by atoms with Crippen molar-refractivity contribution in [2.24, 2.45) is 0 Å². The molecule has 0 bridgehead atoms. The zero-order valence-corrected chi connectivity index (χ0v) is 17.1. The van der Waals surface area contributed by atoms with Crippen LogP contribution in [-0.2, 0) is 11.0 Å². The van der Waals surface area contributed by atoms with Gasteiger partial charge in [0, 0.05) is 30.8 Å². The number of carbonyl (C=O) groups excluding carboxylic acids is 3. The van der Waals surface area contributed by atoms with Crippen molar-refractivity contribution in [1.82, 2.24) is 15.2 Å². The molecule has 2 aromatic rings. The maximum absolute atomic E-state index is 13.5. The van der Waals surface area contributed by atoms with Crippen LogP contribution >= 0.6 is 0 Å². The van der Waals surface area contributed by atoms with Crippen molar-refractivity contribution in [3.8, 4) is 11.1 Å². The molecule has 0 unspecified atom stereocenters. The van der Waals surface area contributed by atoms with Gasteiger partial charge in [-0.05, 0) is 30.0 Å². The van der Waals surface area contributed by atoms with Crippen LogP contribution in [0.4, 0.5) is 26.7 Å². The summed E-state index contributed by atoms with van der Waals surface area (Å²) in [4.78, 5) is 41.9. The number of alkyl halides is 5. The number of Topliss-reactive ketones (excluding diaryl/α,β-unsaturated/α-hetero) is 1. The van der Waals surface area contributed by atoms with Crippen LogP contribution < -0.4 is 5.32 Å². The summed E-state index contributed by atoms with van der Waals surface area (Å²) >= 11 is 0. The largest absolute Gasteiger partial charge is 0.418 e. The van der Waals surface area contributed by atoms with Gasteiger partial charge in [0.15, 0.2) is 5.78 Å². The molecule has 1 aromatic heterocycles. The van der Waals surface area contributed by atoms with E-state index in [0.29, 0.717) is 11.1 Å². The van der Waals surface area contributed by atoms with Gasteiger partial charge < -0.3 is 5.32 Å². The van der Waals surface area contributed by atoms with E-state index < -0.39 is 60.3 Å². The van der Waals surface area contributed by atoms with Gasteiger partial charge in [-0.15, -0.1) is 0 Å². The van der Waals surface area contributed by atoms with Crippen molar-refractivity contribution in [2.75, 3.05) is 6.54 Å². The summed E-state index contributed by atoms with van der Waals surface area (Å²) in [6.45, 7) is -0.606. The van der Waals surface area contributed by atoms with Crippen LogP contribution in [0.25, 0.3) is 11.1 Å². The standard InChI is InChI=1S/C22H18F5N3O3/c23-21(24)8-6-20(7-9-21)18(32)30(19(33)29-20)12-17(31)14-3-1-13(2-4-14)15-5-10-28-11-16(15)22(25,26)27/h1-5,10-11H,6-9,12H2,(H,29,33). The average molecular weight is 467 g/mol. The number of nitrogens with zero attached hydrogens (tertiary/aromatic N) is 2. The molecule has 1 N–H and O–H groups in total. The predicted octanol–water partition coefficient (Wildman–Crippen LogP) is 4.45. The minimum absolute atomic E-state index is 0.0816. The molecule has 1 aliphatic carbocycles. The second-order valence-corrected chi connectivity index (χ2v) is 8.18. The van der Waals surface area contributed by atoms with Gasteiger partial charge in [0.05, 0.1) is 12.1 Å². The van der Waals surface area contributed by atoms with Gasteiger partial charge in [-0.25, -0.2) is 13.6 Å². The molecule has 0 atom stereocenters. The molecule has 174 valence electrons. The molecule has 1 aromatic carbocycles. The maximum atomic E-state index is 13.5. The third-order valence-electron chi connectivity index (χ3n) is 6.03. The number of imide groups is 1. The second-order valence-electron chi connectivity index (χ2n) is 8.18. The molecule has 33 heavy (non-hydrogen) atoms. The first kappa shape index (κ1) is 22.8. The zero-order chi connectivity index (χ0) is 24.0. The molecule has 3 amide bonds. The van der Waals surface area contributed by atoms with E-state index in [2.05, 4.69) is 10.3 Å². The molecule has 1 spiro atoms. The number of pyridine rings is 1. The molecule has 1 saturated heterocycles. The molecule has 6 nitrogen and oxygen atoms in total. The van der Waals surface area contributed by atoms with Crippen molar-refractivity contribution >= 4 is 17.7 Å². The number of aromatic nitrogens is 1. The number of hydrogen-bond acceptors (Lipinski definition) is 4. The number of nitrogens with one attached hydrogen (secondary N) is 1. The third kappa shape index (κ3) is 4.31. The van der Waals surface area contributed by atoms with Crippen molar-refractivity contribution in [3.05, 3.63) is 53.9 Å². The number of amides is 3. The van der Waals surface area contributed by atoms with Crippen molar-refractivity contribution in [3.63, 3.8) is 0 Å². The van der Waals surface area contributed by atoms with E-state index in [0.717, 1.165) is 0 Å². The average Bonchev–Trinajstić information content (AvgIpc) is 3.00. The monoisotopic (exact) mass is 467 g/mol. The molecule has 2 fully saturated rings. The molecule has 0 radical (unpaired) electrons. The Kier molecular flexibility index (Phi) is 5.45. The smallest absolute Gasteiger partial charge is 0.323 e. The van der Waals surface area contributed by atoms with Gasteiger partial charge in [0.2, 0.25) is 5.92 Å². The lowest BCUT2D eigenvalue weighted by Crippen LogP contribution is -2.51. The summed E-state index contributed by atoms with van der Waals surface area (Å²) in [6.07, 6.45) is -4.22. The van der Waals surface area contributed by atoms with Crippen molar-refractivity contribution in [2.45, 2.75) is 43.3 Å². The zero-order valence-electron chi connectivity index (χ0n) is 17.1. The van der Waals surface area contributed by atoms with Gasteiger partial charge >= 0.3 is 12.2 Å². The fourth-order valence-corrected chi connectivity index (χ4v) is 4.14. The Labute approximate surface area is 184 Å². The number of halogens is 5. The van der Waals surface area contributed by atoms with Crippen LogP contribution in [0.2, 0.25) is 0 Å². The van der Waals surface area contributed by atoms with Gasteiger partial charge in [0.1, 0.15) is 5.54 Å².